The first-order valence-electron chi connectivity index (χ1n) is 9.54. The van der Waals surface area contributed by atoms with Gasteiger partial charge in [0.15, 0.2) is 0 Å². The van der Waals surface area contributed by atoms with Gasteiger partial charge < -0.3 is 20.1 Å². The Morgan fingerprint density at radius 1 is 0.696 bits per heavy atom. The lowest BCUT2D eigenvalue weighted by Gasteiger charge is -2.17. The Bertz CT molecular complexity index is 268. The summed E-state index contributed by atoms with van der Waals surface area (Å²) < 4.78 is 0. The van der Waals surface area contributed by atoms with Crippen LogP contribution in [0.5, 0.6) is 0 Å². The summed E-state index contributed by atoms with van der Waals surface area (Å²) in [5.74, 6) is 0.261. The molecule has 0 heterocycles. The predicted molar refractivity (Wildman–Crippen MR) is 94.4 cm³/mol. The number of hydrogen-bond donors (Lipinski definition) is 3. The molecule has 138 valence electrons. The molecule has 0 aliphatic rings. The van der Waals surface area contributed by atoms with E-state index in [1.165, 1.54) is 0 Å². The molecule has 0 fully saturated rings. The zero-order valence-corrected chi connectivity index (χ0v) is 15.0. The molecule has 0 aromatic carbocycles. The van der Waals surface area contributed by atoms with Crippen LogP contribution in [-0.2, 0) is 4.79 Å². The van der Waals surface area contributed by atoms with E-state index in [-0.39, 0.29) is 12.4 Å². The van der Waals surface area contributed by atoms with E-state index in [1.54, 1.807) is 6.92 Å². The van der Waals surface area contributed by atoms with E-state index in [4.69, 9.17) is 5.11 Å². The van der Waals surface area contributed by atoms with Crippen molar-refractivity contribution in [2.45, 2.75) is 109 Å². The molecule has 0 aromatic heterocycles. The first-order chi connectivity index (χ1) is 11.1. The van der Waals surface area contributed by atoms with Gasteiger partial charge in [-0.05, 0) is 32.6 Å². The van der Waals surface area contributed by atoms with E-state index >= 15 is 0 Å². The summed E-state index contributed by atoms with van der Waals surface area (Å²) in [6.07, 6.45) is 12.3. The lowest BCUT2D eigenvalue weighted by molar-refractivity contribution is -0.117. The lowest BCUT2D eigenvalue weighted by atomic mass is 9.99. The molecule has 0 spiro atoms. The molecule has 0 amide bonds. The van der Waals surface area contributed by atoms with Crippen molar-refractivity contribution in [1.82, 2.24) is 0 Å². The number of hydrogen-bond acceptors (Lipinski definition) is 4. The maximum absolute atomic E-state index is 10.8. The summed E-state index contributed by atoms with van der Waals surface area (Å²) in [5.41, 5.74) is 0. The minimum Gasteiger partial charge on any atom is -0.396 e. The van der Waals surface area contributed by atoms with Gasteiger partial charge in [0.2, 0.25) is 0 Å². The van der Waals surface area contributed by atoms with Crippen molar-refractivity contribution >= 4 is 5.78 Å². The first kappa shape index (κ1) is 22.6. The second-order valence-electron chi connectivity index (χ2n) is 6.78. The van der Waals surface area contributed by atoms with E-state index in [0.717, 1.165) is 70.6 Å². The van der Waals surface area contributed by atoms with E-state index in [9.17, 15) is 15.0 Å². The predicted octanol–water partition coefficient (Wildman–Crippen LogP) is 3.75. The second kappa shape index (κ2) is 16.4. The Labute approximate surface area is 142 Å². The number of ketones is 1. The molecule has 4 heteroatoms. The average Bonchev–Trinajstić information content (AvgIpc) is 2.52. The Kier molecular flexibility index (Phi) is 16.1. The van der Waals surface area contributed by atoms with Gasteiger partial charge in [-0.25, -0.2) is 0 Å². The van der Waals surface area contributed by atoms with Gasteiger partial charge in [-0.15, -0.1) is 0 Å². The molecule has 4 nitrogen and oxygen atoms in total. The molecule has 0 bridgehead atoms. The molecule has 0 aliphatic heterocycles. The molecule has 0 aliphatic carbocycles. The summed E-state index contributed by atoms with van der Waals surface area (Å²) in [7, 11) is 0. The zero-order chi connectivity index (χ0) is 17.3. The molecule has 2 atom stereocenters. The second-order valence-corrected chi connectivity index (χ2v) is 6.78. The third-order valence-corrected chi connectivity index (χ3v) is 4.38. The third kappa shape index (κ3) is 16.2. The number of carbonyl (C=O) groups excluding carboxylic acids is 1. The molecule has 0 saturated heterocycles. The SMILES string of the molecule is CC(=O)CCCCCCCC(O)C(O)CCCCCCCCO. The third-order valence-electron chi connectivity index (χ3n) is 4.38. The topological polar surface area (TPSA) is 77.8 Å². The number of unbranched alkanes of at least 4 members (excludes halogenated alkanes) is 9. The highest BCUT2D eigenvalue weighted by Crippen LogP contribution is 2.15. The van der Waals surface area contributed by atoms with Crippen LogP contribution < -0.4 is 0 Å². The summed E-state index contributed by atoms with van der Waals surface area (Å²) in [4.78, 5) is 10.8. The molecular weight excluding hydrogens is 292 g/mol. The summed E-state index contributed by atoms with van der Waals surface area (Å²) in [6.45, 7) is 1.91. The number of carbonyl (C=O) groups is 1. The van der Waals surface area contributed by atoms with Crippen LogP contribution in [0.25, 0.3) is 0 Å². The average molecular weight is 331 g/mol. The van der Waals surface area contributed by atoms with Crippen molar-refractivity contribution in [1.29, 1.82) is 0 Å². The Balaban J connectivity index is 3.37. The van der Waals surface area contributed by atoms with Crippen LogP contribution in [0, 0.1) is 0 Å². The monoisotopic (exact) mass is 330 g/mol. The fourth-order valence-corrected chi connectivity index (χ4v) is 2.81. The van der Waals surface area contributed by atoms with Gasteiger partial charge in [-0.1, -0.05) is 57.8 Å². The number of rotatable bonds is 17. The van der Waals surface area contributed by atoms with Crippen LogP contribution in [0.4, 0.5) is 0 Å². The fraction of sp³-hybridized carbons (Fsp3) is 0.947. The van der Waals surface area contributed by atoms with E-state index in [0.29, 0.717) is 19.3 Å². The van der Waals surface area contributed by atoms with Gasteiger partial charge >= 0.3 is 0 Å². The van der Waals surface area contributed by atoms with Crippen LogP contribution in [0.2, 0.25) is 0 Å². The molecule has 3 N–H and O–H groups in total. The number of aliphatic hydroxyl groups is 3. The van der Waals surface area contributed by atoms with Crippen molar-refractivity contribution < 1.29 is 20.1 Å². The van der Waals surface area contributed by atoms with Crippen molar-refractivity contribution in [2.24, 2.45) is 0 Å². The largest absolute Gasteiger partial charge is 0.396 e. The van der Waals surface area contributed by atoms with Gasteiger partial charge in [0.25, 0.3) is 0 Å². The maximum atomic E-state index is 10.8. The standard InChI is InChI=1S/C19H38O4/c1-17(21)13-9-5-4-7-11-15-19(23)18(22)14-10-6-2-3-8-12-16-20/h18-20,22-23H,2-16H2,1H3. The van der Waals surface area contributed by atoms with Crippen LogP contribution in [0.3, 0.4) is 0 Å². The highest BCUT2D eigenvalue weighted by Gasteiger charge is 2.15. The molecule has 23 heavy (non-hydrogen) atoms. The number of Topliss-reactive ketones (excluding diaryl/α,β-unsaturated/α-hetero) is 1. The minimum atomic E-state index is -0.596. The van der Waals surface area contributed by atoms with Crippen molar-refractivity contribution in [3.8, 4) is 0 Å². The molecule has 0 saturated carbocycles. The molecular formula is C19H38O4. The van der Waals surface area contributed by atoms with Crippen LogP contribution in [0.15, 0.2) is 0 Å². The maximum Gasteiger partial charge on any atom is 0.129 e. The quantitative estimate of drug-likeness (QED) is 0.355. The van der Waals surface area contributed by atoms with Gasteiger partial charge in [-0.2, -0.15) is 0 Å². The molecule has 2 unspecified atom stereocenters. The Morgan fingerprint density at radius 3 is 1.52 bits per heavy atom. The van der Waals surface area contributed by atoms with Gasteiger partial charge in [0, 0.05) is 13.0 Å². The van der Waals surface area contributed by atoms with E-state index in [1.807, 2.05) is 0 Å². The van der Waals surface area contributed by atoms with Gasteiger partial charge in [0.05, 0.1) is 12.2 Å². The van der Waals surface area contributed by atoms with Crippen molar-refractivity contribution in [2.75, 3.05) is 6.61 Å². The van der Waals surface area contributed by atoms with E-state index in [2.05, 4.69) is 0 Å². The van der Waals surface area contributed by atoms with E-state index < -0.39 is 12.2 Å². The van der Waals surface area contributed by atoms with Gasteiger partial charge in [-0.3, -0.25) is 0 Å². The van der Waals surface area contributed by atoms with Crippen LogP contribution in [-0.4, -0.2) is 39.9 Å². The van der Waals surface area contributed by atoms with Crippen LogP contribution in [0.1, 0.15) is 96.8 Å². The fourth-order valence-electron chi connectivity index (χ4n) is 2.81. The normalized spacial score (nSPS) is 13.9. The zero-order valence-electron chi connectivity index (χ0n) is 15.0. The number of aliphatic hydroxyl groups excluding tert-OH is 3. The molecule has 0 radical (unpaired) electrons. The summed E-state index contributed by atoms with van der Waals surface area (Å²) in [5, 5.41) is 28.6. The van der Waals surface area contributed by atoms with Crippen LogP contribution >= 0.6 is 0 Å². The molecule has 0 aromatic rings. The van der Waals surface area contributed by atoms with Crippen molar-refractivity contribution in [3.63, 3.8) is 0 Å². The Hall–Kier alpha value is -0.450. The molecule has 0 rings (SSSR count). The lowest BCUT2D eigenvalue weighted by Crippen LogP contribution is -2.25. The van der Waals surface area contributed by atoms with Crippen molar-refractivity contribution in [3.05, 3.63) is 0 Å². The van der Waals surface area contributed by atoms with Gasteiger partial charge in [0.1, 0.15) is 5.78 Å². The smallest absolute Gasteiger partial charge is 0.129 e. The highest BCUT2D eigenvalue weighted by atomic mass is 16.3. The Morgan fingerprint density at radius 2 is 1.09 bits per heavy atom. The first-order valence-corrected chi connectivity index (χ1v) is 9.54. The summed E-state index contributed by atoms with van der Waals surface area (Å²) in [6, 6.07) is 0. The highest BCUT2D eigenvalue weighted by molar-refractivity contribution is 5.75. The summed E-state index contributed by atoms with van der Waals surface area (Å²) >= 11 is 0. The minimum absolute atomic E-state index is 0.261.